The molecule has 0 radical (unpaired) electrons. The van der Waals surface area contributed by atoms with E-state index in [0.29, 0.717) is 10.7 Å². The lowest BCUT2D eigenvalue weighted by Gasteiger charge is -2.22. The van der Waals surface area contributed by atoms with Gasteiger partial charge in [-0.3, -0.25) is 19.3 Å². The van der Waals surface area contributed by atoms with Gasteiger partial charge in [0, 0.05) is 29.3 Å². The number of nitrogens with one attached hydrogen (secondary N) is 1. The van der Waals surface area contributed by atoms with Gasteiger partial charge in [-0.2, -0.15) is 13.9 Å². The molecule has 1 saturated carbocycles. The van der Waals surface area contributed by atoms with E-state index in [9.17, 15) is 31.5 Å². The van der Waals surface area contributed by atoms with Crippen molar-refractivity contribution in [1.82, 2.24) is 20.1 Å². The van der Waals surface area contributed by atoms with Gasteiger partial charge in [0.05, 0.1) is 17.3 Å². The maximum Gasteiger partial charge on any atom is 0.293 e. The molecule has 2 aromatic heterocycles. The molecule has 3 atom stereocenters. The molecule has 1 fully saturated rings. The molecule has 228 valence electrons. The zero-order valence-electron chi connectivity index (χ0n) is 22.5. The quantitative estimate of drug-likeness (QED) is 0.235. The van der Waals surface area contributed by atoms with E-state index in [0.717, 1.165) is 18.2 Å². The minimum Gasteiger partial charge on any atom is -0.366 e. The Kier molecular flexibility index (Phi) is 7.17. The van der Waals surface area contributed by atoms with Crippen LogP contribution in [-0.2, 0) is 23.7 Å². The summed E-state index contributed by atoms with van der Waals surface area (Å²) >= 11 is 0. The van der Waals surface area contributed by atoms with Crippen LogP contribution in [0.2, 0.25) is 0 Å². The van der Waals surface area contributed by atoms with Gasteiger partial charge in [0.15, 0.2) is 0 Å². The van der Waals surface area contributed by atoms with Crippen LogP contribution in [0.3, 0.4) is 0 Å². The average Bonchev–Trinajstić information content (AvgIpc) is 3.61. The van der Waals surface area contributed by atoms with Gasteiger partial charge in [-0.15, -0.1) is 0 Å². The molecule has 0 saturated heterocycles. The van der Waals surface area contributed by atoms with Gasteiger partial charge in [-0.25, -0.2) is 22.0 Å². The van der Waals surface area contributed by atoms with Gasteiger partial charge in [0.2, 0.25) is 5.91 Å². The number of carbonyl (C=O) groups excluding carboxylic acids is 2. The zero-order chi connectivity index (χ0) is 31.5. The molecule has 4 aromatic rings. The van der Waals surface area contributed by atoms with Gasteiger partial charge in [-0.1, -0.05) is 12.1 Å². The molecule has 0 aliphatic heterocycles. The predicted octanol–water partition coefficient (Wildman–Crippen LogP) is 5.71. The summed E-state index contributed by atoms with van der Waals surface area (Å²) in [6.45, 7) is -0.858. The molecule has 0 spiro atoms. The maximum atomic E-state index is 15.0. The molecule has 2 heterocycles. The first-order valence-electron chi connectivity index (χ1n) is 13.4. The molecule has 6 rings (SSSR count). The second-order valence-electron chi connectivity index (χ2n) is 10.8. The lowest BCUT2D eigenvalue weighted by atomic mass is 9.94. The Morgan fingerprint density at radius 2 is 1.77 bits per heavy atom. The van der Waals surface area contributed by atoms with Crippen LogP contribution in [0.5, 0.6) is 0 Å². The number of halogens is 7. The first-order chi connectivity index (χ1) is 20.8. The number of alkyl halides is 4. The third-order valence-electron chi connectivity index (χ3n) is 7.87. The summed E-state index contributed by atoms with van der Waals surface area (Å²) < 4.78 is 100. The fourth-order valence-electron chi connectivity index (χ4n) is 5.95. The van der Waals surface area contributed by atoms with Crippen LogP contribution < -0.4 is 11.1 Å². The van der Waals surface area contributed by atoms with E-state index in [-0.39, 0.29) is 40.8 Å². The van der Waals surface area contributed by atoms with Crippen molar-refractivity contribution in [3.8, 4) is 11.1 Å². The molecule has 0 bridgehead atoms. The van der Waals surface area contributed by atoms with E-state index < -0.39 is 83.0 Å². The van der Waals surface area contributed by atoms with Crippen LogP contribution in [0, 0.1) is 23.4 Å². The maximum absolute atomic E-state index is 15.0. The highest BCUT2D eigenvalue weighted by atomic mass is 19.3. The van der Waals surface area contributed by atoms with Crippen molar-refractivity contribution < 1.29 is 40.3 Å². The number of rotatable bonds is 9. The molecule has 2 amide bonds. The van der Waals surface area contributed by atoms with E-state index in [1.54, 1.807) is 0 Å². The van der Waals surface area contributed by atoms with E-state index in [1.165, 1.54) is 30.5 Å². The second kappa shape index (κ2) is 10.8. The number of hydrogen-bond donors (Lipinski definition) is 2. The van der Waals surface area contributed by atoms with Gasteiger partial charge in [0.25, 0.3) is 18.3 Å². The number of aromatic nitrogens is 3. The molecular formula is C30H22F7N5O2. The van der Waals surface area contributed by atoms with Gasteiger partial charge >= 0.3 is 0 Å². The zero-order valence-corrected chi connectivity index (χ0v) is 22.5. The number of benzene rings is 2. The minimum atomic E-state index is -3.45. The Morgan fingerprint density at radius 3 is 2.45 bits per heavy atom. The highest BCUT2D eigenvalue weighted by molar-refractivity contribution is 5.94. The monoisotopic (exact) mass is 617 g/mol. The van der Waals surface area contributed by atoms with Crippen LogP contribution in [0.1, 0.15) is 63.4 Å². The summed E-state index contributed by atoms with van der Waals surface area (Å²) in [6.07, 6.45) is -1.98. The Hall–Kier alpha value is -4.75. The van der Waals surface area contributed by atoms with Crippen LogP contribution in [0.4, 0.5) is 30.7 Å². The number of hydrogen-bond acceptors (Lipinski definition) is 4. The molecule has 2 aliphatic rings. The summed E-state index contributed by atoms with van der Waals surface area (Å²) in [5.74, 6) is -9.98. The molecule has 7 nitrogen and oxygen atoms in total. The lowest BCUT2D eigenvalue weighted by molar-refractivity contribution is -0.123. The first kappa shape index (κ1) is 29.3. The van der Waals surface area contributed by atoms with Crippen molar-refractivity contribution in [2.24, 2.45) is 11.7 Å². The molecular weight excluding hydrogens is 595 g/mol. The number of fused-ring (bicyclic) bond motifs is 3. The first-order valence-corrected chi connectivity index (χ1v) is 13.4. The number of carbonyl (C=O) groups is 2. The standard InChI is InChI=1S/C30H22F7N5O2/c31-15-6-13(7-16(32)10-15)8-22(25-17(2-1-5-39-25)14-3-4-21(33)19(9-14)29(38)44)40-23(43)12-42-27-24(26(41-42)28(34)35)18-11-20(18)30(27,36)37/h1-7,9-10,18,20,22,28H,8,11-12H2,(H2,38,44)(H,40,43)/t18?,20?,22-/m0/s1. The molecule has 14 heteroatoms. The lowest BCUT2D eigenvalue weighted by Crippen LogP contribution is -2.35. The number of nitrogens with zero attached hydrogens (tertiary/aromatic N) is 3. The van der Waals surface area contributed by atoms with Crippen molar-refractivity contribution >= 4 is 11.8 Å². The average molecular weight is 618 g/mol. The summed E-state index contributed by atoms with van der Waals surface area (Å²) in [6, 6.07) is 8.08. The third-order valence-corrected chi connectivity index (χ3v) is 7.87. The number of pyridine rings is 1. The summed E-state index contributed by atoms with van der Waals surface area (Å²) in [4.78, 5) is 29.4. The van der Waals surface area contributed by atoms with Crippen LogP contribution >= 0.6 is 0 Å². The van der Waals surface area contributed by atoms with Crippen molar-refractivity contribution in [3.05, 3.63) is 106 Å². The predicted molar refractivity (Wildman–Crippen MR) is 141 cm³/mol. The molecule has 44 heavy (non-hydrogen) atoms. The Labute approximate surface area is 244 Å². The third kappa shape index (κ3) is 5.18. The molecule has 2 aliphatic carbocycles. The number of nitrogens with two attached hydrogens (primary N) is 1. The van der Waals surface area contributed by atoms with Crippen LogP contribution in [-0.4, -0.2) is 26.6 Å². The smallest absolute Gasteiger partial charge is 0.293 e. The fourth-order valence-corrected chi connectivity index (χ4v) is 5.95. The second-order valence-corrected chi connectivity index (χ2v) is 10.8. The SMILES string of the molecule is NC(=O)c1cc(-c2cccnc2[C@H](Cc2cc(F)cc(F)c2)NC(=O)Cn2nc(C(F)F)c3c2C(F)(F)C2CC32)ccc1F. The van der Waals surface area contributed by atoms with Gasteiger partial charge in [-0.05, 0) is 60.2 Å². The van der Waals surface area contributed by atoms with Crippen molar-refractivity contribution in [1.29, 1.82) is 0 Å². The molecule has 2 aromatic carbocycles. The van der Waals surface area contributed by atoms with E-state index >= 15 is 8.78 Å². The minimum absolute atomic E-state index is 0.0488. The van der Waals surface area contributed by atoms with Crippen LogP contribution in [0.15, 0.2) is 54.7 Å². The molecule has 3 N–H and O–H groups in total. The Balaban J connectivity index is 1.37. The summed E-state index contributed by atoms with van der Waals surface area (Å²) in [7, 11) is 0. The van der Waals surface area contributed by atoms with Crippen molar-refractivity contribution in [2.75, 3.05) is 0 Å². The largest absolute Gasteiger partial charge is 0.366 e. The van der Waals surface area contributed by atoms with E-state index in [2.05, 4.69) is 15.4 Å². The topological polar surface area (TPSA) is 103 Å². The number of amides is 2. The summed E-state index contributed by atoms with van der Waals surface area (Å²) in [5, 5.41) is 6.26. The number of primary amides is 1. The van der Waals surface area contributed by atoms with Gasteiger partial charge < -0.3 is 11.1 Å². The normalized spacial score (nSPS) is 18.5. The fraction of sp³-hybridized carbons (Fsp3) is 0.267. The van der Waals surface area contributed by atoms with Crippen molar-refractivity contribution in [2.45, 2.75) is 43.7 Å². The summed E-state index contributed by atoms with van der Waals surface area (Å²) in [5.41, 5.74) is 3.85. The Morgan fingerprint density at radius 1 is 1.05 bits per heavy atom. The van der Waals surface area contributed by atoms with Crippen LogP contribution in [0.25, 0.3) is 11.1 Å². The van der Waals surface area contributed by atoms with E-state index in [4.69, 9.17) is 5.73 Å². The van der Waals surface area contributed by atoms with Gasteiger partial charge in [0.1, 0.15) is 35.4 Å². The van der Waals surface area contributed by atoms with E-state index in [1.807, 2.05) is 0 Å². The highest BCUT2D eigenvalue weighted by Gasteiger charge is 2.67. The van der Waals surface area contributed by atoms with Crippen molar-refractivity contribution in [3.63, 3.8) is 0 Å². The Bertz CT molecular complexity index is 1790. The highest BCUT2D eigenvalue weighted by Crippen LogP contribution is 2.68. The molecule has 2 unspecified atom stereocenters.